The first-order valence-corrected chi connectivity index (χ1v) is 3.68. The minimum atomic E-state index is -0.385. The summed E-state index contributed by atoms with van der Waals surface area (Å²) in [5.41, 5.74) is 0.437. The number of benzene rings is 1. The molecule has 0 aliphatic rings. The van der Waals surface area contributed by atoms with Crippen molar-refractivity contribution in [3.63, 3.8) is 0 Å². The van der Waals surface area contributed by atoms with Gasteiger partial charge in [-0.3, -0.25) is 4.79 Å². The molecular weight excluding hydrogens is 213 g/mol. The van der Waals surface area contributed by atoms with Gasteiger partial charge in [-0.05, 0) is 18.2 Å². The Kier molecular flexibility index (Phi) is 2.59. The van der Waals surface area contributed by atoms with Gasteiger partial charge in [-0.15, -0.1) is 0 Å². The molecule has 1 aromatic rings. The lowest BCUT2D eigenvalue weighted by Gasteiger charge is -1.98. The third kappa shape index (κ3) is 2.31. The summed E-state index contributed by atoms with van der Waals surface area (Å²) in [6.45, 7) is 0. The van der Waals surface area contributed by atoms with E-state index in [1.54, 1.807) is 6.07 Å². The summed E-state index contributed by atoms with van der Waals surface area (Å²) in [6.07, 6.45) is 0.501. The molecule has 0 unspecified atom stereocenters. The molecule has 4 heteroatoms. The smallest absolute Gasteiger partial charge is 0.211 e. The predicted octanol–water partition coefficient (Wildman–Crippen LogP) is 2.16. The van der Waals surface area contributed by atoms with Crippen molar-refractivity contribution >= 4 is 28.0 Å². The maximum absolute atomic E-state index is 12.6. The molecule has 0 saturated heterocycles. The van der Waals surface area contributed by atoms with Gasteiger partial charge in [0, 0.05) is 10.2 Å². The lowest BCUT2D eigenvalue weighted by Crippen LogP contribution is -1.93. The molecular formula is C7H5BrFNO. The first-order chi connectivity index (χ1) is 5.22. The van der Waals surface area contributed by atoms with Crippen LogP contribution >= 0.6 is 15.9 Å². The number of carbonyl (C=O) groups is 1. The average molecular weight is 218 g/mol. The number of anilines is 1. The van der Waals surface area contributed by atoms with Crippen molar-refractivity contribution in [1.29, 1.82) is 0 Å². The molecule has 0 aromatic heterocycles. The second-order valence-corrected chi connectivity index (χ2v) is 2.84. The summed E-state index contributed by atoms with van der Waals surface area (Å²) in [7, 11) is 0. The van der Waals surface area contributed by atoms with E-state index in [0.29, 0.717) is 16.6 Å². The molecule has 1 rings (SSSR count). The summed E-state index contributed by atoms with van der Waals surface area (Å²) in [6, 6.07) is 4.16. The average Bonchev–Trinajstić information content (AvgIpc) is 1.85. The van der Waals surface area contributed by atoms with Crippen LogP contribution in [0.1, 0.15) is 0 Å². The number of amides is 1. The van der Waals surface area contributed by atoms with Gasteiger partial charge >= 0.3 is 0 Å². The molecule has 0 fully saturated rings. The van der Waals surface area contributed by atoms with E-state index in [-0.39, 0.29) is 5.82 Å². The Morgan fingerprint density at radius 2 is 2.18 bits per heavy atom. The number of halogens is 2. The van der Waals surface area contributed by atoms with Gasteiger partial charge in [0.2, 0.25) is 6.41 Å². The van der Waals surface area contributed by atoms with Crippen LogP contribution in [0.3, 0.4) is 0 Å². The topological polar surface area (TPSA) is 29.1 Å². The van der Waals surface area contributed by atoms with Crippen molar-refractivity contribution in [3.8, 4) is 0 Å². The molecule has 0 radical (unpaired) electrons. The fraction of sp³-hybridized carbons (Fsp3) is 0. The molecule has 1 amide bonds. The molecule has 0 aliphatic carbocycles. The SMILES string of the molecule is O=CNc1cc(F)cc(Br)c1. The van der Waals surface area contributed by atoms with E-state index >= 15 is 0 Å². The van der Waals surface area contributed by atoms with Crippen molar-refractivity contribution in [2.45, 2.75) is 0 Å². The summed E-state index contributed by atoms with van der Waals surface area (Å²) in [5, 5.41) is 2.34. The Balaban J connectivity index is 2.98. The van der Waals surface area contributed by atoms with Gasteiger partial charge in [0.05, 0.1) is 0 Å². The van der Waals surface area contributed by atoms with Crippen molar-refractivity contribution in [1.82, 2.24) is 0 Å². The first kappa shape index (κ1) is 8.20. The van der Waals surface area contributed by atoms with E-state index < -0.39 is 0 Å². The quantitative estimate of drug-likeness (QED) is 0.757. The minimum absolute atomic E-state index is 0.385. The highest BCUT2D eigenvalue weighted by molar-refractivity contribution is 9.10. The molecule has 1 aromatic carbocycles. The van der Waals surface area contributed by atoms with Crippen molar-refractivity contribution in [3.05, 3.63) is 28.5 Å². The maximum Gasteiger partial charge on any atom is 0.211 e. The van der Waals surface area contributed by atoms with Crippen molar-refractivity contribution < 1.29 is 9.18 Å². The van der Waals surface area contributed by atoms with Gasteiger partial charge in [-0.25, -0.2) is 4.39 Å². The molecule has 0 spiro atoms. The lowest BCUT2D eigenvalue weighted by atomic mass is 10.3. The summed E-state index contributed by atoms with van der Waals surface area (Å²) >= 11 is 3.09. The Labute approximate surface area is 71.5 Å². The molecule has 0 bridgehead atoms. The Morgan fingerprint density at radius 3 is 2.73 bits per heavy atom. The van der Waals surface area contributed by atoms with Gasteiger partial charge in [0.1, 0.15) is 5.82 Å². The van der Waals surface area contributed by atoms with Gasteiger partial charge in [0.15, 0.2) is 0 Å². The molecule has 58 valence electrons. The van der Waals surface area contributed by atoms with Crippen LogP contribution in [0.2, 0.25) is 0 Å². The van der Waals surface area contributed by atoms with Crippen molar-refractivity contribution in [2.24, 2.45) is 0 Å². The fourth-order valence-corrected chi connectivity index (χ4v) is 1.17. The predicted molar refractivity (Wildman–Crippen MR) is 43.8 cm³/mol. The standard InChI is InChI=1S/C7H5BrFNO/c8-5-1-6(9)3-7(2-5)10-4-11/h1-4H,(H,10,11). The zero-order valence-electron chi connectivity index (χ0n) is 5.47. The largest absolute Gasteiger partial charge is 0.329 e. The zero-order valence-corrected chi connectivity index (χ0v) is 7.06. The summed E-state index contributed by atoms with van der Waals surface area (Å²) in [5.74, 6) is -0.385. The second kappa shape index (κ2) is 3.48. The van der Waals surface area contributed by atoms with Crippen LogP contribution in [0.5, 0.6) is 0 Å². The molecule has 0 aliphatic heterocycles. The van der Waals surface area contributed by atoms with E-state index in [1.807, 2.05) is 0 Å². The van der Waals surface area contributed by atoms with Crippen molar-refractivity contribution in [2.75, 3.05) is 5.32 Å². The van der Waals surface area contributed by atoms with E-state index in [9.17, 15) is 9.18 Å². The Bertz CT molecular complexity index is 257. The van der Waals surface area contributed by atoms with E-state index in [2.05, 4.69) is 21.2 Å². The highest BCUT2D eigenvalue weighted by Gasteiger charge is 1.96. The van der Waals surface area contributed by atoms with Crippen LogP contribution in [0.4, 0.5) is 10.1 Å². The molecule has 2 nitrogen and oxygen atoms in total. The zero-order chi connectivity index (χ0) is 8.27. The number of nitrogens with one attached hydrogen (secondary N) is 1. The third-order valence-electron chi connectivity index (χ3n) is 1.09. The van der Waals surface area contributed by atoms with Crippen LogP contribution in [-0.2, 0) is 4.79 Å². The minimum Gasteiger partial charge on any atom is -0.329 e. The van der Waals surface area contributed by atoms with Crippen LogP contribution < -0.4 is 5.32 Å². The number of hydrogen-bond donors (Lipinski definition) is 1. The number of hydrogen-bond acceptors (Lipinski definition) is 1. The number of carbonyl (C=O) groups excluding carboxylic acids is 1. The van der Waals surface area contributed by atoms with Crippen LogP contribution in [-0.4, -0.2) is 6.41 Å². The third-order valence-corrected chi connectivity index (χ3v) is 1.55. The lowest BCUT2D eigenvalue weighted by molar-refractivity contribution is -0.105. The molecule has 11 heavy (non-hydrogen) atoms. The Morgan fingerprint density at radius 1 is 1.45 bits per heavy atom. The summed E-state index contributed by atoms with van der Waals surface area (Å²) in [4.78, 5) is 9.95. The van der Waals surface area contributed by atoms with Gasteiger partial charge < -0.3 is 5.32 Å². The van der Waals surface area contributed by atoms with Crippen LogP contribution in [0.25, 0.3) is 0 Å². The Hall–Kier alpha value is -0.900. The summed E-state index contributed by atoms with van der Waals surface area (Å²) < 4.78 is 13.2. The highest BCUT2D eigenvalue weighted by atomic mass is 79.9. The maximum atomic E-state index is 12.6. The van der Waals surface area contributed by atoms with Gasteiger partial charge in [-0.2, -0.15) is 0 Å². The molecule has 1 N–H and O–H groups in total. The fourth-order valence-electron chi connectivity index (χ4n) is 0.705. The van der Waals surface area contributed by atoms with Gasteiger partial charge in [-0.1, -0.05) is 15.9 Å². The monoisotopic (exact) mass is 217 g/mol. The van der Waals surface area contributed by atoms with E-state index in [0.717, 1.165) is 0 Å². The molecule has 0 atom stereocenters. The first-order valence-electron chi connectivity index (χ1n) is 2.88. The van der Waals surface area contributed by atoms with E-state index in [1.165, 1.54) is 12.1 Å². The van der Waals surface area contributed by atoms with Gasteiger partial charge in [0.25, 0.3) is 0 Å². The highest BCUT2D eigenvalue weighted by Crippen LogP contribution is 2.17. The van der Waals surface area contributed by atoms with Crippen LogP contribution in [0, 0.1) is 5.82 Å². The second-order valence-electron chi connectivity index (χ2n) is 1.92. The number of rotatable bonds is 2. The normalized spacial score (nSPS) is 9.27. The molecule has 0 saturated carbocycles. The van der Waals surface area contributed by atoms with Crippen LogP contribution in [0.15, 0.2) is 22.7 Å². The van der Waals surface area contributed by atoms with E-state index in [4.69, 9.17) is 0 Å². The molecule has 0 heterocycles.